The summed E-state index contributed by atoms with van der Waals surface area (Å²) in [5.74, 6) is 0.809. The molecule has 1 aliphatic heterocycles. The minimum absolute atomic E-state index is 0.0526. The molecule has 6 nitrogen and oxygen atoms in total. The van der Waals surface area contributed by atoms with Crippen molar-refractivity contribution in [1.82, 2.24) is 4.57 Å². The van der Waals surface area contributed by atoms with Gasteiger partial charge in [-0.25, -0.2) is 0 Å². The van der Waals surface area contributed by atoms with Crippen LogP contribution in [0.25, 0.3) is 0 Å². The van der Waals surface area contributed by atoms with Gasteiger partial charge in [-0.05, 0) is 12.8 Å². The number of hydrogen-bond donors (Lipinski definition) is 1. The number of hydrogen-bond acceptors (Lipinski definition) is 5. The highest BCUT2D eigenvalue weighted by atomic mass is 17.2. The Balaban J connectivity index is 1.63. The molecule has 0 spiro atoms. The molecular weight excluding hydrogens is 250 g/mol. The van der Waals surface area contributed by atoms with Crippen molar-refractivity contribution in [2.24, 2.45) is 0 Å². The van der Waals surface area contributed by atoms with Crippen molar-refractivity contribution in [1.29, 1.82) is 0 Å². The molecule has 2 heterocycles. The van der Waals surface area contributed by atoms with Gasteiger partial charge in [0.1, 0.15) is 0 Å². The number of aromatic nitrogens is 1. The molecule has 0 saturated carbocycles. The summed E-state index contributed by atoms with van der Waals surface area (Å²) in [5.41, 5.74) is 1.18. The molecule has 1 aliphatic rings. The second kappa shape index (κ2) is 8.16. The van der Waals surface area contributed by atoms with Crippen LogP contribution in [0.4, 0.5) is 0 Å². The van der Waals surface area contributed by atoms with Gasteiger partial charge in [0.05, 0.1) is 45.8 Å². The van der Waals surface area contributed by atoms with Crippen LogP contribution in [0.15, 0.2) is 12.4 Å². The molecule has 0 fully saturated rings. The number of ether oxygens (including phenoxy) is 2. The average molecular weight is 271 g/mol. The van der Waals surface area contributed by atoms with Gasteiger partial charge in [-0.3, -0.25) is 0 Å². The highest BCUT2D eigenvalue weighted by Gasteiger charge is 2.12. The lowest BCUT2D eigenvalue weighted by atomic mass is 10.2. The summed E-state index contributed by atoms with van der Waals surface area (Å²) in [5, 5.41) is 8.53. The first-order chi connectivity index (χ1) is 9.40. The number of aliphatic hydroxyl groups is 1. The van der Waals surface area contributed by atoms with E-state index < -0.39 is 0 Å². The quantitative estimate of drug-likeness (QED) is 0.559. The molecule has 6 heteroatoms. The summed E-state index contributed by atoms with van der Waals surface area (Å²) in [7, 11) is 0. The van der Waals surface area contributed by atoms with E-state index in [2.05, 4.69) is 6.20 Å². The molecule has 1 aromatic heterocycles. The van der Waals surface area contributed by atoms with Crippen LogP contribution in [-0.2, 0) is 27.3 Å². The van der Waals surface area contributed by atoms with Crippen molar-refractivity contribution in [2.45, 2.75) is 19.4 Å². The second-order valence-corrected chi connectivity index (χ2v) is 4.34. The largest absolute Gasteiger partial charge is 0.394 e. The van der Waals surface area contributed by atoms with E-state index >= 15 is 0 Å². The maximum Gasteiger partial charge on any atom is 0.186 e. The zero-order valence-electron chi connectivity index (χ0n) is 11.0. The maximum atomic E-state index is 8.53. The Kier molecular flexibility index (Phi) is 6.16. The van der Waals surface area contributed by atoms with Gasteiger partial charge >= 0.3 is 0 Å². The molecule has 108 valence electrons. The minimum Gasteiger partial charge on any atom is -0.394 e. The van der Waals surface area contributed by atoms with Gasteiger partial charge in [0.15, 0.2) is 5.75 Å². The van der Waals surface area contributed by atoms with E-state index in [-0.39, 0.29) is 6.61 Å². The van der Waals surface area contributed by atoms with Crippen LogP contribution in [0.5, 0.6) is 5.75 Å². The minimum atomic E-state index is 0.0526. The molecule has 0 bridgehead atoms. The normalized spacial score (nSPS) is 14.8. The van der Waals surface area contributed by atoms with Crippen LogP contribution >= 0.6 is 0 Å². The fourth-order valence-electron chi connectivity index (χ4n) is 1.91. The Hall–Kier alpha value is -1.08. The first kappa shape index (κ1) is 14.3. The lowest BCUT2D eigenvalue weighted by Crippen LogP contribution is -2.10. The molecule has 1 N–H and O–H groups in total. The van der Waals surface area contributed by atoms with Crippen molar-refractivity contribution in [3.05, 3.63) is 18.0 Å². The molecule has 0 aromatic carbocycles. The van der Waals surface area contributed by atoms with E-state index in [1.165, 1.54) is 5.56 Å². The summed E-state index contributed by atoms with van der Waals surface area (Å²) >= 11 is 0. The third-order valence-electron chi connectivity index (χ3n) is 2.85. The first-order valence-corrected chi connectivity index (χ1v) is 6.64. The van der Waals surface area contributed by atoms with E-state index in [4.69, 9.17) is 24.4 Å². The van der Waals surface area contributed by atoms with Gasteiger partial charge in [-0.15, -0.1) is 0 Å². The highest BCUT2D eigenvalue weighted by molar-refractivity contribution is 5.31. The van der Waals surface area contributed by atoms with Gasteiger partial charge in [0.2, 0.25) is 0 Å². The summed E-state index contributed by atoms with van der Waals surface area (Å²) in [4.78, 5) is 10.2. The van der Waals surface area contributed by atoms with E-state index in [9.17, 15) is 0 Å². The zero-order valence-corrected chi connectivity index (χ0v) is 11.0. The number of aliphatic hydroxyl groups excluding tert-OH is 1. The lowest BCUT2D eigenvalue weighted by molar-refractivity contribution is -0.203. The monoisotopic (exact) mass is 271 g/mol. The van der Waals surface area contributed by atoms with Crippen LogP contribution in [0.3, 0.4) is 0 Å². The average Bonchev–Trinajstić information content (AvgIpc) is 2.67. The Bertz CT molecular complexity index is 342. The van der Waals surface area contributed by atoms with Gasteiger partial charge in [0.25, 0.3) is 0 Å². The predicted octanol–water partition coefficient (Wildman–Crippen LogP) is 0.770. The Morgan fingerprint density at radius 2 is 2.00 bits per heavy atom. The SMILES string of the molecule is OCCOCCOCCn1cc2c(c1)OOCCC2. The van der Waals surface area contributed by atoms with Crippen molar-refractivity contribution < 1.29 is 24.4 Å². The van der Waals surface area contributed by atoms with E-state index in [1.54, 1.807) is 0 Å². The first-order valence-electron chi connectivity index (χ1n) is 6.64. The van der Waals surface area contributed by atoms with Crippen LogP contribution in [-0.4, -0.2) is 49.3 Å². The van der Waals surface area contributed by atoms with E-state index in [0.717, 1.165) is 25.1 Å². The Labute approximate surface area is 112 Å². The van der Waals surface area contributed by atoms with Gasteiger partial charge in [-0.1, -0.05) is 0 Å². The molecule has 0 atom stereocenters. The third kappa shape index (κ3) is 4.83. The zero-order chi connectivity index (χ0) is 13.3. The van der Waals surface area contributed by atoms with Crippen molar-refractivity contribution in [2.75, 3.05) is 39.6 Å². The smallest absolute Gasteiger partial charge is 0.186 e. The third-order valence-corrected chi connectivity index (χ3v) is 2.85. The molecule has 0 saturated heterocycles. The second-order valence-electron chi connectivity index (χ2n) is 4.34. The summed E-state index contributed by atoms with van der Waals surface area (Å²) in [6.07, 6.45) is 5.98. The van der Waals surface area contributed by atoms with Gasteiger partial charge in [0, 0.05) is 18.3 Å². The standard InChI is InChI=1S/C13H21NO5/c15-4-7-17-9-8-16-6-3-14-10-12-2-1-5-18-19-13(12)11-14/h10-11,15H,1-9H2. The van der Waals surface area contributed by atoms with Crippen molar-refractivity contribution in [3.63, 3.8) is 0 Å². The molecule has 1 aromatic rings. The Morgan fingerprint density at radius 1 is 1.16 bits per heavy atom. The molecule has 0 amide bonds. The van der Waals surface area contributed by atoms with E-state index in [0.29, 0.717) is 33.0 Å². The van der Waals surface area contributed by atoms with Crippen LogP contribution in [0.1, 0.15) is 12.0 Å². The Morgan fingerprint density at radius 3 is 2.84 bits per heavy atom. The maximum absolute atomic E-state index is 8.53. The fourth-order valence-corrected chi connectivity index (χ4v) is 1.91. The highest BCUT2D eigenvalue weighted by Crippen LogP contribution is 2.24. The number of fused-ring (bicyclic) bond motifs is 1. The number of nitrogens with zero attached hydrogens (tertiary/aromatic N) is 1. The van der Waals surface area contributed by atoms with Crippen LogP contribution < -0.4 is 4.89 Å². The van der Waals surface area contributed by atoms with E-state index in [1.807, 2.05) is 10.8 Å². The topological polar surface area (TPSA) is 62.1 Å². The van der Waals surface area contributed by atoms with Gasteiger partial charge in [-0.2, -0.15) is 4.89 Å². The molecular formula is C13H21NO5. The fraction of sp³-hybridized carbons (Fsp3) is 0.692. The van der Waals surface area contributed by atoms with Gasteiger partial charge < -0.3 is 24.0 Å². The van der Waals surface area contributed by atoms with Crippen molar-refractivity contribution >= 4 is 0 Å². The molecule has 0 radical (unpaired) electrons. The molecule has 2 rings (SSSR count). The number of rotatable bonds is 8. The van der Waals surface area contributed by atoms with Crippen LogP contribution in [0, 0.1) is 0 Å². The van der Waals surface area contributed by atoms with Crippen LogP contribution in [0.2, 0.25) is 0 Å². The molecule has 0 aliphatic carbocycles. The molecule has 19 heavy (non-hydrogen) atoms. The molecule has 0 unspecified atom stereocenters. The summed E-state index contributed by atoms with van der Waals surface area (Å²) in [6.45, 7) is 3.52. The summed E-state index contributed by atoms with van der Waals surface area (Å²) < 4.78 is 12.6. The lowest BCUT2D eigenvalue weighted by Gasteiger charge is -2.06. The summed E-state index contributed by atoms with van der Waals surface area (Å²) in [6, 6.07) is 0. The number of aryl methyl sites for hydroxylation is 1. The van der Waals surface area contributed by atoms with Crippen molar-refractivity contribution in [3.8, 4) is 5.75 Å². The predicted molar refractivity (Wildman–Crippen MR) is 68.1 cm³/mol.